The minimum atomic E-state index is -0.275. The Kier molecular flexibility index (Phi) is 4.23. The number of rotatable bonds is 2. The van der Waals surface area contributed by atoms with E-state index in [1.807, 2.05) is 24.3 Å². The van der Waals surface area contributed by atoms with Crippen LogP contribution in [0, 0.1) is 0 Å². The second-order valence-electron chi connectivity index (χ2n) is 8.94. The van der Waals surface area contributed by atoms with E-state index in [1.165, 1.54) is 14.1 Å². The van der Waals surface area contributed by atoms with Crippen molar-refractivity contribution in [3.63, 3.8) is 0 Å². The molecule has 6 nitrogen and oxygen atoms in total. The van der Waals surface area contributed by atoms with Crippen molar-refractivity contribution in [1.29, 1.82) is 0 Å². The molecule has 2 aromatic heterocycles. The smallest absolute Gasteiger partial charge is 0.261 e. The van der Waals surface area contributed by atoms with Crippen LogP contribution in [0.4, 0.5) is 0 Å². The zero-order valence-electron chi connectivity index (χ0n) is 19.1. The van der Waals surface area contributed by atoms with Gasteiger partial charge in [0.1, 0.15) is 0 Å². The first-order valence-electron chi connectivity index (χ1n) is 11.2. The molecule has 4 amide bonds. The summed E-state index contributed by atoms with van der Waals surface area (Å²) in [6.07, 6.45) is 0. The van der Waals surface area contributed by atoms with Gasteiger partial charge < -0.3 is 0 Å². The largest absolute Gasteiger partial charge is 0.277 e. The number of carbonyl (C=O) groups excluding carboxylic acids is 4. The Hall–Kier alpha value is -4.14. The number of imide groups is 2. The lowest BCUT2D eigenvalue weighted by Crippen LogP contribution is -2.24. The molecule has 0 N–H and O–H groups in total. The molecular weight excluding hydrogens is 492 g/mol. The van der Waals surface area contributed by atoms with E-state index in [0.717, 1.165) is 50.9 Å². The van der Waals surface area contributed by atoms with Gasteiger partial charge in [-0.25, -0.2) is 0 Å². The lowest BCUT2D eigenvalue weighted by atomic mass is 10.0. The van der Waals surface area contributed by atoms with Crippen molar-refractivity contribution < 1.29 is 19.2 Å². The van der Waals surface area contributed by atoms with Crippen LogP contribution in [-0.4, -0.2) is 47.5 Å². The van der Waals surface area contributed by atoms with Crippen LogP contribution in [0.5, 0.6) is 0 Å². The molecule has 0 unspecified atom stereocenters. The molecule has 7 rings (SSSR count). The molecule has 0 radical (unpaired) electrons. The van der Waals surface area contributed by atoms with Crippen LogP contribution in [0.3, 0.4) is 0 Å². The van der Waals surface area contributed by atoms with Crippen LogP contribution in [0.1, 0.15) is 41.4 Å². The number of benzene rings is 3. The molecule has 5 aromatic rings. The fraction of sp³-hybridized carbons (Fsp3) is 0.0714. The zero-order chi connectivity index (χ0) is 24.9. The van der Waals surface area contributed by atoms with Crippen LogP contribution in [0.15, 0.2) is 60.7 Å². The van der Waals surface area contributed by atoms with Gasteiger partial charge in [0, 0.05) is 44.4 Å². The van der Waals surface area contributed by atoms with E-state index in [1.54, 1.807) is 34.8 Å². The summed E-state index contributed by atoms with van der Waals surface area (Å²) in [6, 6.07) is 19.1. The highest BCUT2D eigenvalue weighted by molar-refractivity contribution is 7.24. The summed E-state index contributed by atoms with van der Waals surface area (Å²) < 4.78 is 2.13. The Morgan fingerprint density at radius 3 is 1.33 bits per heavy atom. The van der Waals surface area contributed by atoms with Gasteiger partial charge in [-0.05, 0) is 47.2 Å². The van der Waals surface area contributed by atoms with Crippen LogP contribution < -0.4 is 0 Å². The molecule has 8 heteroatoms. The summed E-state index contributed by atoms with van der Waals surface area (Å²) in [4.78, 5) is 54.5. The van der Waals surface area contributed by atoms with Crippen molar-refractivity contribution >= 4 is 66.5 Å². The molecule has 174 valence electrons. The number of hydrogen-bond acceptors (Lipinski definition) is 6. The van der Waals surface area contributed by atoms with Gasteiger partial charge in [0.15, 0.2) is 0 Å². The summed E-state index contributed by atoms with van der Waals surface area (Å²) in [5, 5.41) is 2.09. The highest BCUT2D eigenvalue weighted by Crippen LogP contribution is 2.43. The summed E-state index contributed by atoms with van der Waals surface area (Å²) in [5.41, 5.74) is 3.35. The summed E-state index contributed by atoms with van der Waals surface area (Å²) in [7, 11) is 3.02. The molecule has 0 bridgehead atoms. The first-order chi connectivity index (χ1) is 17.3. The van der Waals surface area contributed by atoms with Gasteiger partial charge >= 0.3 is 0 Å². The third kappa shape index (κ3) is 2.71. The van der Waals surface area contributed by atoms with E-state index in [9.17, 15) is 19.2 Å². The van der Waals surface area contributed by atoms with Gasteiger partial charge in [-0.2, -0.15) is 0 Å². The van der Waals surface area contributed by atoms with E-state index in [0.29, 0.717) is 22.3 Å². The minimum Gasteiger partial charge on any atom is -0.277 e. The molecule has 2 aliphatic heterocycles. The standard InChI is InChI=1S/C28H16N2O4S2/c1-29-25(31)17-7-3-5-15(23(17)27(29)33)21-11-13-9-20-14(10-19(13)35-21)12-22(36-20)16-6-4-8-18-24(16)28(34)30(2)26(18)32/h3-12H,1-2H3. The van der Waals surface area contributed by atoms with Gasteiger partial charge in [0.05, 0.1) is 22.3 Å². The van der Waals surface area contributed by atoms with E-state index in [-0.39, 0.29) is 23.6 Å². The summed E-state index contributed by atoms with van der Waals surface area (Å²) >= 11 is 3.16. The number of fused-ring (bicyclic) bond motifs is 4. The lowest BCUT2D eigenvalue weighted by molar-refractivity contribution is 0.0678. The number of amides is 4. The van der Waals surface area contributed by atoms with Crippen molar-refractivity contribution in [2.75, 3.05) is 14.1 Å². The molecule has 0 saturated carbocycles. The Labute approximate surface area is 213 Å². The molecular formula is C28H16N2O4S2. The van der Waals surface area contributed by atoms with Gasteiger partial charge in [-0.15, -0.1) is 22.7 Å². The maximum atomic E-state index is 12.7. The second kappa shape index (κ2) is 7.19. The van der Waals surface area contributed by atoms with Crippen LogP contribution in [-0.2, 0) is 0 Å². The van der Waals surface area contributed by atoms with Crippen LogP contribution in [0.25, 0.3) is 41.1 Å². The third-order valence-corrected chi connectivity index (χ3v) is 9.18. The van der Waals surface area contributed by atoms with Crippen molar-refractivity contribution in [3.8, 4) is 20.9 Å². The molecule has 2 aliphatic rings. The molecule has 3 aromatic carbocycles. The third-order valence-electron chi connectivity index (χ3n) is 6.92. The SMILES string of the molecule is CN1C(=O)c2cccc(-c3cc4cc5sc(-c6cccc7c6C(=O)N(C)C7=O)cc5cc4s3)c2C1=O. The molecule has 0 fully saturated rings. The number of nitrogens with zero attached hydrogens (tertiary/aromatic N) is 2. The quantitative estimate of drug-likeness (QED) is 0.278. The zero-order valence-corrected chi connectivity index (χ0v) is 20.8. The van der Waals surface area contributed by atoms with Gasteiger partial charge in [0.2, 0.25) is 0 Å². The second-order valence-corrected chi connectivity index (χ2v) is 11.1. The predicted molar refractivity (Wildman–Crippen MR) is 141 cm³/mol. The molecule has 0 saturated heterocycles. The van der Waals surface area contributed by atoms with E-state index >= 15 is 0 Å². The highest BCUT2D eigenvalue weighted by Gasteiger charge is 2.36. The van der Waals surface area contributed by atoms with E-state index in [4.69, 9.17) is 0 Å². The minimum absolute atomic E-state index is 0.273. The molecule has 4 heterocycles. The Morgan fingerprint density at radius 2 is 0.917 bits per heavy atom. The Bertz CT molecular complexity index is 1680. The lowest BCUT2D eigenvalue weighted by Gasteiger charge is -2.05. The van der Waals surface area contributed by atoms with Crippen molar-refractivity contribution in [3.05, 3.63) is 82.9 Å². The first-order valence-corrected chi connectivity index (χ1v) is 12.9. The van der Waals surface area contributed by atoms with E-state index in [2.05, 4.69) is 24.3 Å². The monoisotopic (exact) mass is 508 g/mol. The topological polar surface area (TPSA) is 74.8 Å². The number of carbonyl (C=O) groups is 4. The maximum Gasteiger partial charge on any atom is 0.261 e. The molecule has 0 spiro atoms. The molecule has 0 aliphatic carbocycles. The fourth-order valence-electron chi connectivity index (χ4n) is 5.05. The fourth-order valence-corrected chi connectivity index (χ4v) is 7.30. The first kappa shape index (κ1) is 21.2. The number of hydrogen-bond donors (Lipinski definition) is 0. The Balaban J connectivity index is 1.35. The van der Waals surface area contributed by atoms with Gasteiger partial charge in [-0.3, -0.25) is 29.0 Å². The normalized spacial score (nSPS) is 15.1. The van der Waals surface area contributed by atoms with Crippen molar-refractivity contribution in [2.24, 2.45) is 0 Å². The van der Waals surface area contributed by atoms with Gasteiger partial charge in [-0.1, -0.05) is 24.3 Å². The van der Waals surface area contributed by atoms with Crippen molar-refractivity contribution in [1.82, 2.24) is 9.80 Å². The average Bonchev–Trinajstić information content (AvgIpc) is 3.60. The van der Waals surface area contributed by atoms with E-state index < -0.39 is 0 Å². The highest BCUT2D eigenvalue weighted by atomic mass is 32.1. The molecule has 36 heavy (non-hydrogen) atoms. The van der Waals surface area contributed by atoms with Crippen LogP contribution >= 0.6 is 22.7 Å². The Morgan fingerprint density at radius 1 is 0.528 bits per heavy atom. The van der Waals surface area contributed by atoms with Gasteiger partial charge in [0.25, 0.3) is 23.6 Å². The predicted octanol–water partition coefficient (Wildman–Crippen LogP) is 5.90. The molecule has 0 atom stereocenters. The summed E-state index contributed by atoms with van der Waals surface area (Å²) in [5.74, 6) is -1.10. The summed E-state index contributed by atoms with van der Waals surface area (Å²) in [6.45, 7) is 0. The maximum absolute atomic E-state index is 12.7. The van der Waals surface area contributed by atoms with Crippen molar-refractivity contribution in [2.45, 2.75) is 0 Å². The number of thiophene rings is 2. The van der Waals surface area contributed by atoms with Crippen LogP contribution in [0.2, 0.25) is 0 Å². The average molecular weight is 509 g/mol.